The molecule has 0 fully saturated rings. The molecule has 0 unspecified atom stereocenters. The van der Waals surface area contributed by atoms with Crippen molar-refractivity contribution in [3.8, 4) is 5.75 Å². The van der Waals surface area contributed by atoms with Gasteiger partial charge in [-0.05, 0) is 12.5 Å². The van der Waals surface area contributed by atoms with Gasteiger partial charge in [0, 0.05) is 6.07 Å². The minimum absolute atomic E-state index is 0.0360. The Hall–Kier alpha value is -0.960. The summed E-state index contributed by atoms with van der Waals surface area (Å²) in [7, 11) is 0. The van der Waals surface area contributed by atoms with Gasteiger partial charge in [-0.3, -0.25) is 0 Å². The van der Waals surface area contributed by atoms with Crippen molar-refractivity contribution in [2.24, 2.45) is 0 Å². The van der Waals surface area contributed by atoms with Gasteiger partial charge in [0.15, 0.2) is 0 Å². The largest absolute Gasteiger partial charge is 0.492 e. The number of nitrogens with two attached hydrogens (primary N) is 1. The minimum atomic E-state index is -0.504. The van der Waals surface area contributed by atoms with Gasteiger partial charge in [-0.1, -0.05) is 18.5 Å². The summed E-state index contributed by atoms with van der Waals surface area (Å²) < 4.78 is 18.1. The lowest BCUT2D eigenvalue weighted by Gasteiger charge is -2.07. The van der Waals surface area contributed by atoms with Gasteiger partial charge in [-0.25, -0.2) is 4.39 Å². The zero-order valence-electron chi connectivity index (χ0n) is 7.31. The Balaban J connectivity index is 2.88. The van der Waals surface area contributed by atoms with E-state index >= 15 is 0 Å². The van der Waals surface area contributed by atoms with Crippen LogP contribution in [0.25, 0.3) is 0 Å². The number of nitrogen functional groups attached to an aromatic ring is 1. The van der Waals surface area contributed by atoms with Crippen LogP contribution in [0.5, 0.6) is 5.75 Å². The Morgan fingerprint density at radius 2 is 2.23 bits per heavy atom. The van der Waals surface area contributed by atoms with Crippen molar-refractivity contribution >= 4 is 17.3 Å². The molecule has 0 atom stereocenters. The van der Waals surface area contributed by atoms with E-state index < -0.39 is 5.82 Å². The van der Waals surface area contributed by atoms with Crippen LogP contribution in [-0.2, 0) is 0 Å². The summed E-state index contributed by atoms with van der Waals surface area (Å²) in [6.07, 6.45) is 0.850. The number of benzene rings is 1. The molecule has 2 nitrogen and oxygen atoms in total. The highest BCUT2D eigenvalue weighted by Gasteiger charge is 2.06. The maximum absolute atomic E-state index is 12.9. The summed E-state index contributed by atoms with van der Waals surface area (Å²) in [6, 6.07) is 2.55. The predicted molar refractivity (Wildman–Crippen MR) is 51.6 cm³/mol. The third-order valence-corrected chi connectivity index (χ3v) is 1.81. The second-order valence-electron chi connectivity index (χ2n) is 2.65. The molecule has 1 aromatic carbocycles. The molecule has 2 N–H and O–H groups in total. The number of ether oxygens (including phenoxy) is 1. The highest BCUT2D eigenvalue weighted by Crippen LogP contribution is 2.28. The Bertz CT molecular complexity index is 304. The molecule has 0 saturated heterocycles. The fraction of sp³-hybridized carbons (Fsp3) is 0.333. The highest BCUT2D eigenvalue weighted by atomic mass is 35.5. The second-order valence-corrected chi connectivity index (χ2v) is 3.06. The van der Waals surface area contributed by atoms with E-state index in [1.165, 1.54) is 12.1 Å². The van der Waals surface area contributed by atoms with Crippen LogP contribution in [0, 0.1) is 5.82 Å². The summed E-state index contributed by atoms with van der Waals surface area (Å²) >= 11 is 5.77. The van der Waals surface area contributed by atoms with Crippen molar-refractivity contribution in [2.75, 3.05) is 12.3 Å². The zero-order valence-corrected chi connectivity index (χ0v) is 8.07. The van der Waals surface area contributed by atoms with E-state index in [4.69, 9.17) is 22.1 Å². The lowest BCUT2D eigenvalue weighted by Crippen LogP contribution is -1.98. The monoisotopic (exact) mass is 203 g/mol. The molecule has 13 heavy (non-hydrogen) atoms. The van der Waals surface area contributed by atoms with E-state index in [0.717, 1.165) is 6.42 Å². The average Bonchev–Trinajstić information content (AvgIpc) is 2.09. The quantitative estimate of drug-likeness (QED) is 0.767. The van der Waals surface area contributed by atoms with Gasteiger partial charge < -0.3 is 10.5 Å². The van der Waals surface area contributed by atoms with Gasteiger partial charge in [0.05, 0.1) is 17.3 Å². The van der Waals surface area contributed by atoms with Crippen LogP contribution in [0.15, 0.2) is 12.1 Å². The van der Waals surface area contributed by atoms with Crippen LogP contribution in [-0.4, -0.2) is 6.61 Å². The third kappa shape index (κ3) is 2.49. The number of hydrogen-bond acceptors (Lipinski definition) is 2. The van der Waals surface area contributed by atoms with Crippen molar-refractivity contribution < 1.29 is 9.13 Å². The fourth-order valence-corrected chi connectivity index (χ4v) is 1.09. The van der Waals surface area contributed by atoms with Crippen LogP contribution in [0.1, 0.15) is 13.3 Å². The van der Waals surface area contributed by atoms with Gasteiger partial charge in [-0.15, -0.1) is 0 Å². The third-order valence-electron chi connectivity index (χ3n) is 1.51. The zero-order chi connectivity index (χ0) is 9.84. The number of rotatable bonds is 3. The maximum atomic E-state index is 12.9. The lowest BCUT2D eigenvalue weighted by molar-refractivity contribution is 0.316. The second kappa shape index (κ2) is 4.33. The van der Waals surface area contributed by atoms with Crippen molar-refractivity contribution in [1.29, 1.82) is 0 Å². The molecular weight excluding hydrogens is 193 g/mol. The SMILES string of the molecule is CCCOc1cc(F)c(N)cc1Cl. The molecule has 1 aromatic rings. The number of hydrogen-bond donors (Lipinski definition) is 1. The van der Waals surface area contributed by atoms with E-state index in [9.17, 15) is 4.39 Å². The summed E-state index contributed by atoms with van der Waals surface area (Å²) in [4.78, 5) is 0. The first-order valence-electron chi connectivity index (χ1n) is 4.02. The van der Waals surface area contributed by atoms with E-state index in [1.807, 2.05) is 6.92 Å². The lowest BCUT2D eigenvalue weighted by atomic mass is 10.3. The molecule has 0 saturated carbocycles. The fourth-order valence-electron chi connectivity index (χ4n) is 0.867. The minimum Gasteiger partial charge on any atom is -0.492 e. The smallest absolute Gasteiger partial charge is 0.149 e. The van der Waals surface area contributed by atoms with Crippen LogP contribution < -0.4 is 10.5 Å². The molecule has 0 heterocycles. The van der Waals surface area contributed by atoms with Gasteiger partial charge in [0.25, 0.3) is 0 Å². The molecule has 1 rings (SSSR count). The first-order chi connectivity index (χ1) is 6.15. The normalized spacial score (nSPS) is 10.1. The maximum Gasteiger partial charge on any atom is 0.149 e. The van der Waals surface area contributed by atoms with Crippen LogP contribution in [0.2, 0.25) is 5.02 Å². The Morgan fingerprint density at radius 3 is 2.85 bits per heavy atom. The Morgan fingerprint density at radius 1 is 1.54 bits per heavy atom. The summed E-state index contributed by atoms with van der Waals surface area (Å²) in [5, 5.41) is 0.340. The van der Waals surface area contributed by atoms with E-state index in [-0.39, 0.29) is 5.69 Å². The molecule has 0 aromatic heterocycles. The average molecular weight is 204 g/mol. The van der Waals surface area contributed by atoms with E-state index in [0.29, 0.717) is 17.4 Å². The van der Waals surface area contributed by atoms with Gasteiger partial charge >= 0.3 is 0 Å². The summed E-state index contributed by atoms with van der Waals surface area (Å²) in [6.45, 7) is 2.48. The Labute approximate surface area is 81.4 Å². The number of halogens is 2. The number of anilines is 1. The molecule has 0 amide bonds. The van der Waals surface area contributed by atoms with E-state index in [2.05, 4.69) is 0 Å². The summed E-state index contributed by atoms with van der Waals surface area (Å²) in [5.41, 5.74) is 5.34. The van der Waals surface area contributed by atoms with Crippen molar-refractivity contribution in [3.63, 3.8) is 0 Å². The Kier molecular flexibility index (Phi) is 3.37. The molecule has 4 heteroatoms. The topological polar surface area (TPSA) is 35.2 Å². The first-order valence-corrected chi connectivity index (χ1v) is 4.40. The molecule has 0 bridgehead atoms. The molecule has 0 aliphatic rings. The van der Waals surface area contributed by atoms with Crippen molar-refractivity contribution in [2.45, 2.75) is 13.3 Å². The molecule has 72 valence electrons. The molecule has 0 radical (unpaired) electrons. The van der Waals surface area contributed by atoms with Gasteiger partial charge in [0.1, 0.15) is 11.6 Å². The van der Waals surface area contributed by atoms with Crippen molar-refractivity contribution in [1.82, 2.24) is 0 Å². The molecule has 0 spiro atoms. The first kappa shape index (κ1) is 10.1. The van der Waals surface area contributed by atoms with Gasteiger partial charge in [-0.2, -0.15) is 0 Å². The van der Waals surface area contributed by atoms with E-state index in [1.54, 1.807) is 0 Å². The predicted octanol–water partition coefficient (Wildman–Crippen LogP) is 2.85. The van der Waals surface area contributed by atoms with Crippen LogP contribution in [0.3, 0.4) is 0 Å². The highest BCUT2D eigenvalue weighted by molar-refractivity contribution is 6.32. The van der Waals surface area contributed by atoms with Gasteiger partial charge in [0.2, 0.25) is 0 Å². The standard InChI is InChI=1S/C9H11ClFNO/c1-2-3-13-9-5-7(11)8(12)4-6(9)10/h4-5H,2-3,12H2,1H3. The van der Waals surface area contributed by atoms with Crippen LogP contribution >= 0.6 is 11.6 Å². The molecular formula is C9H11ClFNO. The van der Waals surface area contributed by atoms with Crippen LogP contribution in [0.4, 0.5) is 10.1 Å². The molecule has 0 aliphatic heterocycles. The van der Waals surface area contributed by atoms with Crippen molar-refractivity contribution in [3.05, 3.63) is 23.0 Å². The summed E-state index contributed by atoms with van der Waals surface area (Å²) in [5.74, 6) is -0.161. The molecule has 0 aliphatic carbocycles.